The highest BCUT2D eigenvalue weighted by Crippen LogP contribution is 2.24. The molecule has 0 spiro atoms. The highest BCUT2D eigenvalue weighted by molar-refractivity contribution is 5.50. The Bertz CT molecular complexity index is 462. The normalized spacial score (nSPS) is 18.2. The fourth-order valence-corrected chi connectivity index (χ4v) is 2.08. The van der Waals surface area contributed by atoms with Crippen molar-refractivity contribution in [3.8, 4) is 5.75 Å². The van der Waals surface area contributed by atoms with Crippen molar-refractivity contribution >= 4 is 5.69 Å². The average Bonchev–Trinajstić information content (AvgIpc) is 2.75. The molecule has 0 aliphatic carbocycles. The van der Waals surface area contributed by atoms with Gasteiger partial charge in [0.05, 0.1) is 12.9 Å². The van der Waals surface area contributed by atoms with Crippen LogP contribution in [0.5, 0.6) is 5.75 Å². The molecule has 1 aromatic carbocycles. The number of ether oxygens (including phenoxy) is 1. The zero-order valence-electron chi connectivity index (χ0n) is 10.6. The monoisotopic (exact) mass is 251 g/mol. The highest BCUT2D eigenvalue weighted by atomic mass is 19.1. The van der Waals surface area contributed by atoms with E-state index in [0.29, 0.717) is 5.92 Å². The molecule has 1 aliphatic rings. The number of nitrogens with two attached hydrogens (primary N) is 1. The molecule has 0 bridgehead atoms. The Kier molecular flexibility index (Phi) is 3.60. The molecule has 0 unspecified atom stereocenters. The zero-order valence-corrected chi connectivity index (χ0v) is 10.6. The lowest BCUT2D eigenvalue weighted by Crippen LogP contribution is -2.27. The van der Waals surface area contributed by atoms with E-state index in [9.17, 15) is 4.39 Å². The van der Waals surface area contributed by atoms with Gasteiger partial charge in [0.2, 0.25) is 0 Å². The molecule has 1 aromatic rings. The van der Waals surface area contributed by atoms with Crippen LogP contribution in [0.3, 0.4) is 0 Å². The van der Waals surface area contributed by atoms with Crippen molar-refractivity contribution in [1.29, 1.82) is 0 Å². The molecule has 18 heavy (non-hydrogen) atoms. The van der Waals surface area contributed by atoms with Crippen LogP contribution in [0.2, 0.25) is 0 Å². The number of benzene rings is 1. The smallest absolute Gasteiger partial charge is 0.165 e. The van der Waals surface area contributed by atoms with Crippen molar-refractivity contribution in [3.63, 3.8) is 0 Å². The molecule has 1 aliphatic heterocycles. The second-order valence-corrected chi connectivity index (χ2v) is 4.46. The van der Waals surface area contributed by atoms with Crippen molar-refractivity contribution in [2.45, 2.75) is 0 Å². The molecule has 4 nitrogen and oxygen atoms in total. The molecule has 1 atom stereocenters. The lowest BCUT2D eigenvalue weighted by atomic mass is 10.1. The van der Waals surface area contributed by atoms with E-state index in [1.807, 2.05) is 13.1 Å². The second kappa shape index (κ2) is 5.16. The second-order valence-electron chi connectivity index (χ2n) is 4.46. The standard InChI is InChI=1S/C13H18FN3O/c1-17(8-9-5-13(15)16-7-9)10-3-4-11(14)12(6-10)18-2/h3-6,9,16H,7-8,15H2,1-2H3/t9-/m0/s1. The van der Waals surface area contributed by atoms with Gasteiger partial charge < -0.3 is 20.7 Å². The van der Waals surface area contributed by atoms with Gasteiger partial charge in [-0.2, -0.15) is 0 Å². The van der Waals surface area contributed by atoms with E-state index in [4.69, 9.17) is 10.5 Å². The predicted molar refractivity (Wildman–Crippen MR) is 70.0 cm³/mol. The Balaban J connectivity index is 2.06. The third-order valence-corrected chi connectivity index (χ3v) is 3.07. The average molecular weight is 251 g/mol. The maximum Gasteiger partial charge on any atom is 0.165 e. The molecule has 0 saturated carbocycles. The topological polar surface area (TPSA) is 50.5 Å². The quantitative estimate of drug-likeness (QED) is 0.846. The SMILES string of the molecule is COc1cc(N(C)C[C@H]2C=C(N)NC2)ccc1F. The summed E-state index contributed by atoms with van der Waals surface area (Å²) in [7, 11) is 3.43. The van der Waals surface area contributed by atoms with E-state index in [2.05, 4.69) is 10.2 Å². The van der Waals surface area contributed by atoms with Gasteiger partial charge in [-0.1, -0.05) is 0 Å². The first-order valence-electron chi connectivity index (χ1n) is 5.86. The molecule has 0 fully saturated rings. The number of halogens is 1. The number of rotatable bonds is 4. The molecule has 98 valence electrons. The van der Waals surface area contributed by atoms with Crippen LogP contribution in [0.15, 0.2) is 30.1 Å². The molecule has 1 heterocycles. The van der Waals surface area contributed by atoms with Crippen LogP contribution in [0.25, 0.3) is 0 Å². The molecular formula is C13H18FN3O. The Morgan fingerprint density at radius 2 is 2.33 bits per heavy atom. The summed E-state index contributed by atoms with van der Waals surface area (Å²) in [6, 6.07) is 4.86. The summed E-state index contributed by atoms with van der Waals surface area (Å²) in [5.74, 6) is 1.01. The van der Waals surface area contributed by atoms with Crippen molar-refractivity contribution in [2.75, 3.05) is 32.1 Å². The molecule has 2 rings (SSSR count). The first kappa shape index (κ1) is 12.5. The van der Waals surface area contributed by atoms with Gasteiger partial charge >= 0.3 is 0 Å². The van der Waals surface area contributed by atoms with Gasteiger partial charge in [0.15, 0.2) is 11.6 Å². The van der Waals surface area contributed by atoms with Gasteiger partial charge in [-0.25, -0.2) is 4.39 Å². The summed E-state index contributed by atoms with van der Waals surface area (Å²) in [5.41, 5.74) is 6.59. The Morgan fingerprint density at radius 3 is 2.94 bits per heavy atom. The van der Waals surface area contributed by atoms with Gasteiger partial charge in [0.1, 0.15) is 0 Å². The fraction of sp³-hybridized carbons (Fsp3) is 0.385. The summed E-state index contributed by atoms with van der Waals surface area (Å²) in [4.78, 5) is 2.06. The molecule has 0 radical (unpaired) electrons. The van der Waals surface area contributed by atoms with Crippen LogP contribution in [-0.4, -0.2) is 27.2 Å². The van der Waals surface area contributed by atoms with Crippen molar-refractivity contribution < 1.29 is 9.13 Å². The Labute approximate surface area is 106 Å². The maximum atomic E-state index is 13.3. The highest BCUT2D eigenvalue weighted by Gasteiger charge is 2.16. The van der Waals surface area contributed by atoms with E-state index >= 15 is 0 Å². The largest absolute Gasteiger partial charge is 0.494 e. The molecule has 0 amide bonds. The summed E-state index contributed by atoms with van der Waals surface area (Å²) in [6.07, 6.45) is 2.01. The predicted octanol–water partition coefficient (Wildman–Crippen LogP) is 1.29. The van der Waals surface area contributed by atoms with Crippen molar-refractivity contribution in [2.24, 2.45) is 11.7 Å². The lowest BCUT2D eigenvalue weighted by molar-refractivity contribution is 0.386. The van der Waals surface area contributed by atoms with Crippen LogP contribution < -0.4 is 20.7 Å². The first-order chi connectivity index (χ1) is 8.60. The Morgan fingerprint density at radius 1 is 1.56 bits per heavy atom. The number of nitrogens with zero attached hydrogens (tertiary/aromatic N) is 1. The summed E-state index contributed by atoms with van der Waals surface area (Å²) >= 11 is 0. The van der Waals surface area contributed by atoms with Crippen LogP contribution >= 0.6 is 0 Å². The van der Waals surface area contributed by atoms with Gasteiger partial charge in [-0.3, -0.25) is 0 Å². The molecular weight excluding hydrogens is 233 g/mol. The van der Waals surface area contributed by atoms with E-state index in [1.54, 1.807) is 12.1 Å². The molecule has 0 aromatic heterocycles. The van der Waals surface area contributed by atoms with E-state index in [0.717, 1.165) is 24.6 Å². The summed E-state index contributed by atoms with van der Waals surface area (Å²) < 4.78 is 18.3. The van der Waals surface area contributed by atoms with Gasteiger partial charge in [0.25, 0.3) is 0 Å². The minimum Gasteiger partial charge on any atom is -0.494 e. The van der Waals surface area contributed by atoms with E-state index in [-0.39, 0.29) is 11.6 Å². The zero-order chi connectivity index (χ0) is 13.1. The molecule has 3 N–H and O–H groups in total. The van der Waals surface area contributed by atoms with Crippen LogP contribution in [0, 0.1) is 11.7 Å². The van der Waals surface area contributed by atoms with Gasteiger partial charge in [-0.05, 0) is 18.2 Å². The number of hydrogen-bond donors (Lipinski definition) is 2. The van der Waals surface area contributed by atoms with Crippen molar-refractivity contribution in [3.05, 3.63) is 35.9 Å². The summed E-state index contributed by atoms with van der Waals surface area (Å²) in [5, 5.41) is 3.09. The summed E-state index contributed by atoms with van der Waals surface area (Å²) in [6.45, 7) is 1.66. The third kappa shape index (κ3) is 2.67. The fourth-order valence-electron chi connectivity index (χ4n) is 2.08. The lowest BCUT2D eigenvalue weighted by Gasteiger charge is -2.22. The van der Waals surface area contributed by atoms with Gasteiger partial charge in [0, 0.05) is 37.8 Å². The molecule has 0 saturated heterocycles. The minimum atomic E-state index is -0.346. The number of nitrogens with one attached hydrogen (secondary N) is 1. The van der Waals surface area contributed by atoms with E-state index in [1.165, 1.54) is 13.2 Å². The minimum absolute atomic E-state index is 0.263. The van der Waals surface area contributed by atoms with Crippen LogP contribution in [0.4, 0.5) is 10.1 Å². The third-order valence-electron chi connectivity index (χ3n) is 3.07. The van der Waals surface area contributed by atoms with E-state index < -0.39 is 0 Å². The van der Waals surface area contributed by atoms with Crippen LogP contribution in [0.1, 0.15) is 0 Å². The van der Waals surface area contributed by atoms with Crippen molar-refractivity contribution in [1.82, 2.24) is 5.32 Å². The molecule has 5 heteroatoms. The maximum absolute atomic E-state index is 13.3. The number of methoxy groups -OCH3 is 1. The number of hydrogen-bond acceptors (Lipinski definition) is 4. The van der Waals surface area contributed by atoms with Crippen LogP contribution in [-0.2, 0) is 0 Å². The Hall–Kier alpha value is -1.91. The first-order valence-corrected chi connectivity index (χ1v) is 5.86. The number of anilines is 1. The van der Waals surface area contributed by atoms with Gasteiger partial charge in [-0.15, -0.1) is 0 Å².